The SMILES string of the molecule is COC(=O)c1cccc(Cn2c(-c3ccccc3)cc3cc(C)c(C)cc32)n1. The topological polar surface area (TPSA) is 44.1 Å². The highest BCUT2D eigenvalue weighted by atomic mass is 16.5. The van der Waals surface area contributed by atoms with Crippen LogP contribution in [0, 0.1) is 13.8 Å². The minimum atomic E-state index is -0.422. The predicted octanol–water partition coefficient (Wildman–Crippen LogP) is 5.16. The molecule has 0 bridgehead atoms. The number of hydrogen-bond acceptors (Lipinski definition) is 3. The van der Waals surface area contributed by atoms with E-state index in [4.69, 9.17) is 4.74 Å². The average molecular weight is 370 g/mol. The normalized spacial score (nSPS) is 11.0. The van der Waals surface area contributed by atoms with Crippen molar-refractivity contribution in [3.05, 3.63) is 89.2 Å². The van der Waals surface area contributed by atoms with Crippen LogP contribution in [0.2, 0.25) is 0 Å². The minimum Gasteiger partial charge on any atom is -0.464 e. The first kappa shape index (κ1) is 18.0. The fraction of sp³-hybridized carbons (Fsp3) is 0.167. The van der Waals surface area contributed by atoms with E-state index in [1.807, 2.05) is 30.3 Å². The van der Waals surface area contributed by atoms with Crippen LogP contribution in [0.3, 0.4) is 0 Å². The Morgan fingerprint density at radius 1 is 0.964 bits per heavy atom. The standard InChI is InChI=1S/C24H22N2O2/c1-16-12-19-14-23(18-8-5-4-6-9-18)26(22(19)13-17(16)2)15-20-10-7-11-21(25-20)24(27)28-3/h4-14H,15H2,1-3H3. The van der Waals surface area contributed by atoms with Gasteiger partial charge in [0.05, 0.1) is 19.3 Å². The summed E-state index contributed by atoms with van der Waals surface area (Å²) in [5.41, 5.74) is 7.11. The molecule has 0 fully saturated rings. The molecule has 0 radical (unpaired) electrons. The second kappa shape index (κ2) is 7.31. The third-order valence-corrected chi connectivity index (χ3v) is 5.11. The Morgan fingerprint density at radius 3 is 2.46 bits per heavy atom. The Kier molecular flexibility index (Phi) is 4.70. The van der Waals surface area contributed by atoms with Crippen LogP contribution in [0.4, 0.5) is 0 Å². The van der Waals surface area contributed by atoms with Crippen molar-refractivity contribution in [2.45, 2.75) is 20.4 Å². The molecule has 140 valence electrons. The van der Waals surface area contributed by atoms with Gasteiger partial charge in [-0.25, -0.2) is 9.78 Å². The third kappa shape index (κ3) is 3.29. The molecule has 0 saturated carbocycles. The molecule has 0 N–H and O–H groups in total. The Bertz CT molecular complexity index is 1160. The Balaban J connectivity index is 1.87. The van der Waals surface area contributed by atoms with Crippen molar-refractivity contribution in [3.63, 3.8) is 0 Å². The second-order valence-electron chi connectivity index (χ2n) is 6.98. The van der Waals surface area contributed by atoms with Crippen molar-refractivity contribution >= 4 is 16.9 Å². The number of benzene rings is 2. The number of rotatable bonds is 4. The maximum atomic E-state index is 11.9. The van der Waals surface area contributed by atoms with Crippen LogP contribution in [0.25, 0.3) is 22.2 Å². The van der Waals surface area contributed by atoms with E-state index in [2.05, 4.69) is 53.7 Å². The lowest BCUT2D eigenvalue weighted by atomic mass is 10.1. The van der Waals surface area contributed by atoms with E-state index >= 15 is 0 Å². The zero-order valence-electron chi connectivity index (χ0n) is 16.3. The Morgan fingerprint density at radius 2 is 1.71 bits per heavy atom. The summed E-state index contributed by atoms with van der Waals surface area (Å²) < 4.78 is 7.07. The number of hydrogen-bond donors (Lipinski definition) is 0. The van der Waals surface area contributed by atoms with E-state index in [1.54, 1.807) is 6.07 Å². The van der Waals surface area contributed by atoms with Crippen molar-refractivity contribution in [2.75, 3.05) is 7.11 Å². The molecule has 4 aromatic rings. The first-order chi connectivity index (χ1) is 13.6. The number of carbonyl (C=O) groups excluding carboxylic acids is 1. The number of aryl methyl sites for hydroxylation is 2. The smallest absolute Gasteiger partial charge is 0.356 e. The molecule has 0 aliphatic carbocycles. The predicted molar refractivity (Wildman–Crippen MR) is 112 cm³/mol. The zero-order valence-corrected chi connectivity index (χ0v) is 16.3. The van der Waals surface area contributed by atoms with Gasteiger partial charge in [0.1, 0.15) is 5.69 Å². The molecule has 4 nitrogen and oxygen atoms in total. The van der Waals surface area contributed by atoms with Gasteiger partial charge in [0.25, 0.3) is 0 Å². The molecule has 0 unspecified atom stereocenters. The van der Waals surface area contributed by atoms with Crippen molar-refractivity contribution in [3.8, 4) is 11.3 Å². The molecule has 0 spiro atoms. The molecule has 0 aliphatic heterocycles. The Hall–Kier alpha value is -3.40. The van der Waals surface area contributed by atoms with Gasteiger partial charge < -0.3 is 9.30 Å². The fourth-order valence-electron chi connectivity index (χ4n) is 3.49. The van der Waals surface area contributed by atoms with Crippen LogP contribution in [-0.2, 0) is 11.3 Å². The number of carbonyl (C=O) groups is 1. The average Bonchev–Trinajstić information content (AvgIpc) is 3.06. The van der Waals surface area contributed by atoms with Gasteiger partial charge in [0, 0.05) is 16.6 Å². The summed E-state index contributed by atoms with van der Waals surface area (Å²) >= 11 is 0. The molecule has 2 heterocycles. The minimum absolute atomic E-state index is 0.324. The number of fused-ring (bicyclic) bond motifs is 1. The molecule has 0 aliphatic rings. The summed E-state index contributed by atoms with van der Waals surface area (Å²) in [6, 6.07) is 22.5. The van der Waals surface area contributed by atoms with E-state index in [0.29, 0.717) is 12.2 Å². The lowest BCUT2D eigenvalue weighted by Crippen LogP contribution is -2.09. The number of pyridine rings is 1. The van der Waals surface area contributed by atoms with Gasteiger partial charge in [0.15, 0.2) is 0 Å². The van der Waals surface area contributed by atoms with E-state index in [-0.39, 0.29) is 0 Å². The molecule has 4 rings (SSSR count). The highest BCUT2D eigenvalue weighted by Gasteiger charge is 2.14. The maximum absolute atomic E-state index is 11.9. The van der Waals surface area contributed by atoms with E-state index in [1.165, 1.54) is 23.6 Å². The molecule has 4 heteroatoms. The van der Waals surface area contributed by atoms with Crippen molar-refractivity contribution in [1.82, 2.24) is 9.55 Å². The monoisotopic (exact) mass is 370 g/mol. The lowest BCUT2D eigenvalue weighted by molar-refractivity contribution is 0.0593. The molecule has 2 aromatic heterocycles. The molecule has 0 amide bonds. The summed E-state index contributed by atoms with van der Waals surface area (Å²) in [6.07, 6.45) is 0. The van der Waals surface area contributed by atoms with Gasteiger partial charge in [-0.2, -0.15) is 0 Å². The number of methoxy groups -OCH3 is 1. The molecule has 0 atom stereocenters. The second-order valence-corrected chi connectivity index (χ2v) is 6.98. The van der Waals surface area contributed by atoms with Crippen LogP contribution >= 0.6 is 0 Å². The summed E-state index contributed by atoms with van der Waals surface area (Å²) in [4.78, 5) is 16.4. The first-order valence-corrected chi connectivity index (χ1v) is 9.27. The van der Waals surface area contributed by atoms with Gasteiger partial charge in [-0.3, -0.25) is 0 Å². The van der Waals surface area contributed by atoms with E-state index in [0.717, 1.165) is 22.5 Å². The largest absolute Gasteiger partial charge is 0.464 e. The van der Waals surface area contributed by atoms with Crippen LogP contribution < -0.4 is 0 Å². The highest BCUT2D eigenvalue weighted by molar-refractivity contribution is 5.89. The van der Waals surface area contributed by atoms with E-state index < -0.39 is 5.97 Å². The van der Waals surface area contributed by atoms with Crippen LogP contribution in [0.5, 0.6) is 0 Å². The molecule has 2 aromatic carbocycles. The van der Waals surface area contributed by atoms with Gasteiger partial charge in [-0.05, 0) is 60.9 Å². The zero-order chi connectivity index (χ0) is 19.7. The van der Waals surface area contributed by atoms with Crippen LogP contribution in [0.15, 0.2) is 66.7 Å². The number of nitrogens with zero attached hydrogens (tertiary/aromatic N) is 2. The van der Waals surface area contributed by atoms with Crippen molar-refractivity contribution in [1.29, 1.82) is 0 Å². The number of esters is 1. The number of ether oxygens (including phenoxy) is 1. The van der Waals surface area contributed by atoms with Gasteiger partial charge in [-0.1, -0.05) is 36.4 Å². The van der Waals surface area contributed by atoms with Gasteiger partial charge >= 0.3 is 5.97 Å². The molecular formula is C24H22N2O2. The molecule has 0 saturated heterocycles. The van der Waals surface area contributed by atoms with Gasteiger partial charge in [-0.15, -0.1) is 0 Å². The van der Waals surface area contributed by atoms with E-state index in [9.17, 15) is 4.79 Å². The quantitative estimate of drug-likeness (QED) is 0.466. The number of aromatic nitrogens is 2. The van der Waals surface area contributed by atoms with Crippen LogP contribution in [0.1, 0.15) is 27.3 Å². The summed E-state index contributed by atoms with van der Waals surface area (Å²) in [5.74, 6) is -0.422. The summed E-state index contributed by atoms with van der Waals surface area (Å²) in [6.45, 7) is 4.83. The fourth-order valence-corrected chi connectivity index (χ4v) is 3.49. The van der Waals surface area contributed by atoms with Gasteiger partial charge in [0.2, 0.25) is 0 Å². The van der Waals surface area contributed by atoms with Crippen LogP contribution in [-0.4, -0.2) is 22.6 Å². The third-order valence-electron chi connectivity index (χ3n) is 5.11. The summed E-state index contributed by atoms with van der Waals surface area (Å²) in [5, 5.41) is 1.20. The first-order valence-electron chi connectivity index (χ1n) is 9.27. The van der Waals surface area contributed by atoms with Crippen molar-refractivity contribution in [2.24, 2.45) is 0 Å². The highest BCUT2D eigenvalue weighted by Crippen LogP contribution is 2.30. The Labute approximate surface area is 164 Å². The summed E-state index contributed by atoms with van der Waals surface area (Å²) in [7, 11) is 1.37. The maximum Gasteiger partial charge on any atom is 0.356 e. The lowest BCUT2D eigenvalue weighted by Gasteiger charge is -2.12. The molecular weight excluding hydrogens is 348 g/mol. The van der Waals surface area contributed by atoms with Crippen molar-refractivity contribution < 1.29 is 9.53 Å². The molecule has 28 heavy (non-hydrogen) atoms.